The van der Waals surface area contributed by atoms with Gasteiger partial charge in [0.2, 0.25) is 11.2 Å². The fraction of sp³-hybridized carbons (Fsp3) is 0.667. The minimum Gasteiger partial charge on any atom is -0.440 e. The molecule has 1 N–H and O–H groups in total. The third-order valence-electron chi connectivity index (χ3n) is 1.94. The Hall–Kier alpha value is -1.52. The zero-order valence-corrected chi connectivity index (χ0v) is 11.1. The maximum Gasteiger partial charge on any atom is 0.434 e. The number of rotatable bonds is 5. The third-order valence-corrected chi connectivity index (χ3v) is 2.11. The van der Waals surface area contributed by atoms with Crippen molar-refractivity contribution in [1.82, 2.24) is 15.0 Å². The van der Waals surface area contributed by atoms with Crippen molar-refractivity contribution in [3.05, 3.63) is 5.28 Å². The van der Waals surface area contributed by atoms with Crippen LogP contribution in [0.25, 0.3) is 0 Å². The summed E-state index contributed by atoms with van der Waals surface area (Å²) >= 11 is 5.40. The SMILES string of the molecule is CCCNc1nc(Cl)nc(OC(C(F)(F)F)C(F)(F)F)n1. The molecule has 0 spiro atoms. The molecule has 1 aromatic rings. The van der Waals surface area contributed by atoms with Gasteiger partial charge in [0.1, 0.15) is 0 Å². The van der Waals surface area contributed by atoms with E-state index in [-0.39, 0.29) is 5.95 Å². The lowest BCUT2D eigenvalue weighted by Gasteiger charge is -2.22. The molecule has 0 aliphatic carbocycles. The Morgan fingerprint density at radius 1 is 1.10 bits per heavy atom. The Balaban J connectivity index is 3.01. The topological polar surface area (TPSA) is 59.9 Å². The van der Waals surface area contributed by atoms with E-state index < -0.39 is 29.8 Å². The fourth-order valence-corrected chi connectivity index (χ4v) is 1.28. The summed E-state index contributed by atoms with van der Waals surface area (Å²) in [7, 11) is 0. The Morgan fingerprint density at radius 3 is 2.14 bits per heavy atom. The number of nitrogens with one attached hydrogen (secondary N) is 1. The maximum absolute atomic E-state index is 12.3. The molecule has 120 valence electrons. The number of hydrogen-bond donors (Lipinski definition) is 1. The Kier molecular flexibility index (Phi) is 5.42. The molecule has 1 heterocycles. The molecule has 0 bridgehead atoms. The molecule has 0 aliphatic heterocycles. The van der Waals surface area contributed by atoms with Crippen LogP contribution in [-0.2, 0) is 0 Å². The standard InChI is InChI=1S/C9H9ClF6N4O/c1-2-3-17-6-18-5(10)19-7(20-6)21-4(8(11,12)13)9(14,15)16/h4H,2-3H2,1H3,(H,17,18,19,20). The molecule has 5 nitrogen and oxygen atoms in total. The number of halogens is 7. The van der Waals surface area contributed by atoms with Crippen LogP contribution in [0.4, 0.5) is 32.3 Å². The lowest BCUT2D eigenvalue weighted by atomic mass is 10.3. The third kappa shape index (κ3) is 5.40. The first kappa shape index (κ1) is 17.5. The van der Waals surface area contributed by atoms with E-state index in [1.54, 1.807) is 6.92 Å². The molecule has 12 heteroatoms. The summed E-state index contributed by atoms with van der Waals surface area (Å²) in [5, 5.41) is 1.94. The number of hydrogen-bond acceptors (Lipinski definition) is 5. The first-order valence-electron chi connectivity index (χ1n) is 5.49. The van der Waals surface area contributed by atoms with Gasteiger partial charge < -0.3 is 10.1 Å². The van der Waals surface area contributed by atoms with Crippen molar-refractivity contribution in [3.8, 4) is 6.01 Å². The summed E-state index contributed by atoms with van der Waals surface area (Å²) in [4.78, 5) is 9.88. The van der Waals surface area contributed by atoms with Gasteiger partial charge in [-0.1, -0.05) is 6.92 Å². The molecular formula is C9H9ClF6N4O. The zero-order chi connectivity index (χ0) is 16.3. The highest BCUT2D eigenvalue weighted by atomic mass is 35.5. The average Bonchev–Trinajstić information content (AvgIpc) is 2.30. The summed E-state index contributed by atoms with van der Waals surface area (Å²) < 4.78 is 77.9. The minimum absolute atomic E-state index is 0.282. The number of nitrogens with zero attached hydrogens (tertiary/aromatic N) is 3. The van der Waals surface area contributed by atoms with Crippen molar-refractivity contribution < 1.29 is 31.1 Å². The van der Waals surface area contributed by atoms with Gasteiger partial charge in [-0.05, 0) is 18.0 Å². The van der Waals surface area contributed by atoms with E-state index in [4.69, 9.17) is 11.6 Å². The molecule has 0 saturated carbocycles. The molecule has 0 amide bonds. The van der Waals surface area contributed by atoms with E-state index in [0.717, 1.165) is 0 Å². The van der Waals surface area contributed by atoms with E-state index in [9.17, 15) is 26.3 Å². The molecule has 21 heavy (non-hydrogen) atoms. The summed E-state index contributed by atoms with van der Waals surface area (Å²) in [5.74, 6) is -0.282. The van der Waals surface area contributed by atoms with Gasteiger partial charge in [-0.3, -0.25) is 0 Å². The monoisotopic (exact) mass is 338 g/mol. The molecule has 0 unspecified atom stereocenters. The van der Waals surface area contributed by atoms with Gasteiger partial charge in [-0.2, -0.15) is 41.3 Å². The van der Waals surface area contributed by atoms with Crippen molar-refractivity contribution in [3.63, 3.8) is 0 Å². The summed E-state index contributed by atoms with van der Waals surface area (Å²) in [6.07, 6.45) is -14.8. The molecular weight excluding hydrogens is 330 g/mol. The van der Waals surface area contributed by atoms with Crippen LogP contribution in [0.3, 0.4) is 0 Å². The predicted molar refractivity (Wildman–Crippen MR) is 60.1 cm³/mol. The lowest BCUT2D eigenvalue weighted by molar-refractivity contribution is -0.301. The fourth-order valence-electron chi connectivity index (χ4n) is 1.13. The van der Waals surface area contributed by atoms with E-state index in [2.05, 4.69) is 25.0 Å². The van der Waals surface area contributed by atoms with Crippen LogP contribution in [-0.4, -0.2) is 40.0 Å². The second-order valence-electron chi connectivity index (χ2n) is 3.72. The van der Waals surface area contributed by atoms with E-state index in [0.29, 0.717) is 13.0 Å². The molecule has 0 radical (unpaired) electrons. The minimum atomic E-state index is -5.67. The van der Waals surface area contributed by atoms with Crippen molar-refractivity contribution >= 4 is 17.5 Å². The summed E-state index contributed by atoms with van der Waals surface area (Å²) in [6, 6.07) is -1.17. The lowest BCUT2D eigenvalue weighted by Crippen LogP contribution is -2.46. The van der Waals surface area contributed by atoms with Crippen LogP contribution < -0.4 is 10.1 Å². The number of anilines is 1. The Morgan fingerprint density at radius 2 is 1.67 bits per heavy atom. The van der Waals surface area contributed by atoms with E-state index in [1.807, 2.05) is 0 Å². The first-order chi connectivity index (χ1) is 9.54. The van der Waals surface area contributed by atoms with Crippen LogP contribution in [0, 0.1) is 0 Å². The predicted octanol–water partition coefficient (Wildman–Crippen LogP) is 3.22. The first-order valence-corrected chi connectivity index (χ1v) is 5.87. The van der Waals surface area contributed by atoms with Gasteiger partial charge in [0.25, 0.3) is 6.10 Å². The number of aromatic nitrogens is 3. The van der Waals surface area contributed by atoms with E-state index in [1.165, 1.54) is 0 Å². The molecule has 0 saturated heterocycles. The highest BCUT2D eigenvalue weighted by molar-refractivity contribution is 6.28. The van der Waals surface area contributed by atoms with E-state index >= 15 is 0 Å². The van der Waals surface area contributed by atoms with Gasteiger partial charge >= 0.3 is 18.4 Å². The average molecular weight is 339 g/mol. The van der Waals surface area contributed by atoms with Crippen LogP contribution in [0.1, 0.15) is 13.3 Å². The summed E-state index contributed by atoms with van der Waals surface area (Å²) in [6.45, 7) is 2.11. The van der Waals surface area contributed by atoms with Gasteiger partial charge in [0, 0.05) is 6.54 Å². The normalized spacial score (nSPS) is 12.6. The zero-order valence-electron chi connectivity index (χ0n) is 10.4. The van der Waals surface area contributed by atoms with Crippen LogP contribution in [0.2, 0.25) is 5.28 Å². The molecule has 1 rings (SSSR count). The second-order valence-corrected chi connectivity index (χ2v) is 4.06. The number of alkyl halides is 6. The second kappa shape index (κ2) is 6.50. The molecule has 0 atom stereocenters. The van der Waals surface area contributed by atoms with Gasteiger partial charge in [-0.15, -0.1) is 0 Å². The van der Waals surface area contributed by atoms with Gasteiger partial charge in [-0.25, -0.2) is 0 Å². The molecule has 0 aromatic carbocycles. The van der Waals surface area contributed by atoms with Crippen molar-refractivity contribution in [2.24, 2.45) is 0 Å². The highest BCUT2D eigenvalue weighted by Gasteiger charge is 2.59. The summed E-state index contributed by atoms with van der Waals surface area (Å²) in [5.41, 5.74) is 0. The van der Waals surface area contributed by atoms with Crippen molar-refractivity contribution in [2.75, 3.05) is 11.9 Å². The maximum atomic E-state index is 12.3. The van der Waals surface area contributed by atoms with Gasteiger partial charge in [0.15, 0.2) is 0 Å². The molecule has 1 aromatic heterocycles. The molecule has 0 aliphatic rings. The highest BCUT2D eigenvalue weighted by Crippen LogP contribution is 2.35. The Bertz CT molecular complexity index is 466. The van der Waals surface area contributed by atoms with Crippen molar-refractivity contribution in [1.29, 1.82) is 0 Å². The number of ether oxygens (including phenoxy) is 1. The quantitative estimate of drug-likeness (QED) is 0.835. The van der Waals surface area contributed by atoms with Crippen molar-refractivity contribution in [2.45, 2.75) is 31.8 Å². The van der Waals surface area contributed by atoms with Gasteiger partial charge in [0.05, 0.1) is 0 Å². The smallest absolute Gasteiger partial charge is 0.434 e. The van der Waals surface area contributed by atoms with Crippen LogP contribution >= 0.6 is 11.6 Å². The van der Waals surface area contributed by atoms with Crippen LogP contribution in [0.15, 0.2) is 0 Å². The largest absolute Gasteiger partial charge is 0.440 e. The Labute approximate surface area is 119 Å². The molecule has 0 fully saturated rings. The van der Waals surface area contributed by atoms with Crippen LogP contribution in [0.5, 0.6) is 6.01 Å².